The van der Waals surface area contributed by atoms with Crippen molar-refractivity contribution in [2.24, 2.45) is 5.73 Å². The zero-order chi connectivity index (χ0) is 15.4. The van der Waals surface area contributed by atoms with Crippen LogP contribution in [-0.4, -0.2) is 16.3 Å². The van der Waals surface area contributed by atoms with Crippen LogP contribution in [0.4, 0.5) is 0 Å². The van der Waals surface area contributed by atoms with E-state index >= 15 is 0 Å². The van der Waals surface area contributed by atoms with Crippen molar-refractivity contribution >= 4 is 27.5 Å². The summed E-state index contributed by atoms with van der Waals surface area (Å²) in [6.07, 6.45) is 0.772. The van der Waals surface area contributed by atoms with Crippen LogP contribution >= 0.6 is 27.5 Å². The Labute approximate surface area is 138 Å². The van der Waals surface area contributed by atoms with Crippen LogP contribution in [-0.2, 0) is 19.6 Å². The van der Waals surface area contributed by atoms with Gasteiger partial charge in [0, 0.05) is 11.0 Å². The highest BCUT2D eigenvalue weighted by atomic mass is 79.9. The average molecular weight is 373 g/mol. The van der Waals surface area contributed by atoms with E-state index in [0.717, 1.165) is 40.1 Å². The molecule has 0 aliphatic carbocycles. The third-order valence-corrected chi connectivity index (χ3v) is 4.24. The maximum atomic E-state index is 6.29. The lowest BCUT2D eigenvalue weighted by atomic mass is 10.1. The van der Waals surface area contributed by atoms with Gasteiger partial charge in [0.1, 0.15) is 12.4 Å². The summed E-state index contributed by atoms with van der Waals surface area (Å²) in [5, 5.41) is 5.07. The average Bonchev–Trinajstić information content (AvgIpc) is 2.74. The summed E-state index contributed by atoms with van der Waals surface area (Å²) >= 11 is 9.76. The molecule has 2 rings (SSSR count). The third-order valence-electron chi connectivity index (χ3n) is 3.25. The molecule has 0 spiro atoms. The summed E-state index contributed by atoms with van der Waals surface area (Å²) in [6.45, 7) is 5.68. The first-order valence-corrected chi connectivity index (χ1v) is 8.07. The lowest BCUT2D eigenvalue weighted by Crippen LogP contribution is -2.09. The van der Waals surface area contributed by atoms with Gasteiger partial charge in [0.15, 0.2) is 0 Å². The molecule has 0 bridgehead atoms. The Balaban J connectivity index is 2.20. The van der Waals surface area contributed by atoms with Crippen LogP contribution in [0.1, 0.15) is 23.9 Å². The summed E-state index contributed by atoms with van der Waals surface area (Å²) in [5.41, 5.74) is 8.47. The molecule has 0 aliphatic rings. The van der Waals surface area contributed by atoms with Gasteiger partial charge in [-0.05, 0) is 50.6 Å². The largest absolute Gasteiger partial charge is 0.487 e. The second-order valence-corrected chi connectivity index (χ2v) is 6.03. The Morgan fingerprint density at radius 3 is 2.86 bits per heavy atom. The molecular formula is C15H19BrClN3O. The van der Waals surface area contributed by atoms with Crippen molar-refractivity contribution < 1.29 is 4.74 Å². The van der Waals surface area contributed by atoms with E-state index in [1.54, 1.807) is 0 Å². The van der Waals surface area contributed by atoms with Crippen molar-refractivity contribution in [3.8, 4) is 5.75 Å². The summed E-state index contributed by atoms with van der Waals surface area (Å²) < 4.78 is 8.84. The molecule has 1 aromatic carbocycles. The molecule has 0 saturated carbocycles. The minimum absolute atomic E-state index is 0.396. The van der Waals surface area contributed by atoms with Gasteiger partial charge in [-0.3, -0.25) is 4.68 Å². The Morgan fingerprint density at radius 1 is 1.43 bits per heavy atom. The minimum atomic E-state index is 0.396. The summed E-state index contributed by atoms with van der Waals surface area (Å²) in [5.74, 6) is 0.834. The molecular weight excluding hydrogens is 354 g/mol. The van der Waals surface area contributed by atoms with Crippen molar-refractivity contribution in [2.45, 2.75) is 33.4 Å². The number of nitrogens with two attached hydrogens (primary N) is 1. The van der Waals surface area contributed by atoms with E-state index in [2.05, 4.69) is 21.0 Å². The Hall–Kier alpha value is -1.04. The van der Waals surface area contributed by atoms with Gasteiger partial charge in [-0.1, -0.05) is 27.5 Å². The normalized spacial score (nSPS) is 10.9. The first-order chi connectivity index (χ1) is 10.1. The van der Waals surface area contributed by atoms with Crippen LogP contribution in [0.2, 0.25) is 5.02 Å². The molecule has 0 atom stereocenters. The van der Waals surface area contributed by atoms with Crippen molar-refractivity contribution in [2.75, 3.05) is 6.54 Å². The molecule has 0 fully saturated rings. The lowest BCUT2D eigenvalue weighted by Gasteiger charge is -2.12. The number of nitrogens with zero attached hydrogens (tertiary/aromatic N) is 2. The Morgan fingerprint density at radius 2 is 2.19 bits per heavy atom. The van der Waals surface area contributed by atoms with E-state index in [1.807, 2.05) is 36.7 Å². The summed E-state index contributed by atoms with van der Waals surface area (Å²) in [4.78, 5) is 0. The molecule has 2 aromatic rings. The number of aromatic nitrogens is 2. The number of hydrogen-bond acceptors (Lipinski definition) is 3. The van der Waals surface area contributed by atoms with Crippen LogP contribution in [0.15, 0.2) is 22.7 Å². The highest BCUT2D eigenvalue weighted by molar-refractivity contribution is 9.10. The predicted octanol–water partition coefficient (Wildman–Crippen LogP) is 3.71. The minimum Gasteiger partial charge on any atom is -0.487 e. The molecule has 0 aliphatic heterocycles. The third kappa shape index (κ3) is 3.78. The second kappa shape index (κ2) is 7.29. The molecule has 0 radical (unpaired) electrons. The van der Waals surface area contributed by atoms with E-state index in [-0.39, 0.29) is 0 Å². The number of ether oxygens (including phenoxy) is 1. The first kappa shape index (κ1) is 16.3. The molecule has 4 nitrogen and oxygen atoms in total. The van der Waals surface area contributed by atoms with Gasteiger partial charge in [0.2, 0.25) is 0 Å². The van der Waals surface area contributed by atoms with Crippen molar-refractivity contribution in [1.82, 2.24) is 9.78 Å². The second-order valence-electron chi connectivity index (χ2n) is 4.74. The van der Waals surface area contributed by atoms with Crippen LogP contribution in [0.3, 0.4) is 0 Å². The van der Waals surface area contributed by atoms with Gasteiger partial charge in [-0.25, -0.2) is 0 Å². The Bertz CT molecular complexity index is 628. The summed E-state index contributed by atoms with van der Waals surface area (Å²) in [6, 6.07) is 5.94. The zero-order valence-electron chi connectivity index (χ0n) is 12.2. The van der Waals surface area contributed by atoms with E-state index < -0.39 is 0 Å². The van der Waals surface area contributed by atoms with Crippen molar-refractivity contribution in [3.63, 3.8) is 0 Å². The predicted molar refractivity (Wildman–Crippen MR) is 88.9 cm³/mol. The van der Waals surface area contributed by atoms with Crippen LogP contribution in [0.5, 0.6) is 5.75 Å². The Kier molecular flexibility index (Phi) is 5.67. The quantitative estimate of drug-likeness (QED) is 0.841. The van der Waals surface area contributed by atoms with Gasteiger partial charge in [-0.15, -0.1) is 0 Å². The molecule has 0 saturated heterocycles. The maximum Gasteiger partial charge on any atom is 0.131 e. The number of rotatable bonds is 6. The van der Waals surface area contributed by atoms with Gasteiger partial charge < -0.3 is 10.5 Å². The van der Waals surface area contributed by atoms with Crippen molar-refractivity contribution in [3.05, 3.63) is 44.6 Å². The smallest absolute Gasteiger partial charge is 0.131 e. The fourth-order valence-corrected chi connectivity index (χ4v) is 2.79. The number of aryl methyl sites for hydroxylation is 2. The number of benzene rings is 1. The van der Waals surface area contributed by atoms with Gasteiger partial charge in [0.05, 0.1) is 16.4 Å². The van der Waals surface area contributed by atoms with Gasteiger partial charge >= 0.3 is 0 Å². The standard InChI is InChI=1S/C15H19BrClN3O/c1-3-20-13(15(17)10(2)19-20)9-21-14-5-4-12(16)8-11(14)6-7-18/h4-5,8H,3,6-7,9,18H2,1-2H3. The number of hydrogen-bond donors (Lipinski definition) is 1. The van der Waals surface area contributed by atoms with Crippen LogP contribution in [0, 0.1) is 6.92 Å². The molecule has 1 aromatic heterocycles. The topological polar surface area (TPSA) is 53.1 Å². The summed E-state index contributed by atoms with van der Waals surface area (Å²) in [7, 11) is 0. The molecule has 2 N–H and O–H groups in total. The van der Waals surface area contributed by atoms with Crippen LogP contribution in [0.25, 0.3) is 0 Å². The molecule has 6 heteroatoms. The highest BCUT2D eigenvalue weighted by Crippen LogP contribution is 2.26. The maximum absolute atomic E-state index is 6.29. The first-order valence-electron chi connectivity index (χ1n) is 6.89. The number of halogens is 2. The molecule has 114 valence electrons. The van der Waals surface area contributed by atoms with Gasteiger partial charge in [0.25, 0.3) is 0 Å². The van der Waals surface area contributed by atoms with E-state index in [4.69, 9.17) is 22.1 Å². The molecule has 0 amide bonds. The highest BCUT2D eigenvalue weighted by Gasteiger charge is 2.14. The fraction of sp³-hybridized carbons (Fsp3) is 0.400. The van der Waals surface area contributed by atoms with E-state index in [1.165, 1.54) is 0 Å². The molecule has 21 heavy (non-hydrogen) atoms. The van der Waals surface area contributed by atoms with Gasteiger partial charge in [-0.2, -0.15) is 5.10 Å². The van der Waals surface area contributed by atoms with E-state index in [9.17, 15) is 0 Å². The SMILES string of the molecule is CCn1nc(C)c(Cl)c1COc1ccc(Br)cc1CCN. The molecule has 1 heterocycles. The lowest BCUT2D eigenvalue weighted by molar-refractivity contribution is 0.289. The fourth-order valence-electron chi connectivity index (χ4n) is 2.19. The van der Waals surface area contributed by atoms with Crippen LogP contribution < -0.4 is 10.5 Å². The van der Waals surface area contributed by atoms with Crippen molar-refractivity contribution in [1.29, 1.82) is 0 Å². The van der Waals surface area contributed by atoms with E-state index in [0.29, 0.717) is 18.2 Å². The zero-order valence-corrected chi connectivity index (χ0v) is 14.5. The molecule has 0 unspecified atom stereocenters. The monoisotopic (exact) mass is 371 g/mol.